The van der Waals surface area contributed by atoms with Crippen LogP contribution in [0.2, 0.25) is 0 Å². The fraction of sp³-hybridized carbons (Fsp3) is 0.375. The van der Waals surface area contributed by atoms with Gasteiger partial charge in [0.25, 0.3) is 5.91 Å². The first-order valence-corrected chi connectivity index (χ1v) is 12.8. The smallest absolute Gasteiger partial charge is 0.255 e. The minimum atomic E-state index is -3.20. The fourth-order valence-corrected chi connectivity index (χ4v) is 5.61. The fourth-order valence-electron chi connectivity index (χ4n) is 5.13. The molecule has 10 nitrogen and oxygen atoms in total. The van der Waals surface area contributed by atoms with Crippen molar-refractivity contribution in [1.82, 2.24) is 0 Å². The van der Waals surface area contributed by atoms with Crippen molar-refractivity contribution in [3.05, 3.63) is 45.7 Å². The molecule has 0 radical (unpaired) electrons. The van der Waals surface area contributed by atoms with Gasteiger partial charge in [0.2, 0.25) is 5.78 Å². The van der Waals surface area contributed by atoms with Gasteiger partial charge in [0.15, 0.2) is 11.4 Å². The Labute approximate surface area is 200 Å². The highest BCUT2D eigenvalue weighted by molar-refractivity contribution is 7.90. The quantitative estimate of drug-likeness (QED) is 0.284. The van der Waals surface area contributed by atoms with E-state index >= 15 is 0 Å². The van der Waals surface area contributed by atoms with Crippen molar-refractivity contribution in [2.75, 3.05) is 12.0 Å². The van der Waals surface area contributed by atoms with Crippen molar-refractivity contribution in [2.24, 2.45) is 17.6 Å². The van der Waals surface area contributed by atoms with E-state index in [0.29, 0.717) is 11.1 Å². The minimum Gasteiger partial charge on any atom is -0.508 e. The Hall–Kier alpha value is -3.62. The third-order valence-electron chi connectivity index (χ3n) is 6.77. The van der Waals surface area contributed by atoms with Crippen LogP contribution >= 0.6 is 0 Å². The number of phenols is 1. The Morgan fingerprint density at radius 3 is 2.51 bits per heavy atom. The highest BCUT2D eigenvalue weighted by atomic mass is 32.2. The molecule has 1 amide bonds. The number of hydrogen-bond donors (Lipinski definition) is 5. The summed E-state index contributed by atoms with van der Waals surface area (Å²) in [6.07, 6.45) is 0.908. The lowest BCUT2D eigenvalue weighted by Gasteiger charge is -2.46. The summed E-state index contributed by atoms with van der Waals surface area (Å²) in [6.45, 7) is 0. The lowest BCUT2D eigenvalue weighted by molar-refractivity contribution is -0.147. The number of aromatic hydroxyl groups is 1. The van der Waals surface area contributed by atoms with E-state index in [1.165, 1.54) is 12.1 Å². The Bertz CT molecular complexity index is 1420. The van der Waals surface area contributed by atoms with Gasteiger partial charge in [-0.2, -0.15) is 0 Å². The molecule has 1 aromatic rings. The van der Waals surface area contributed by atoms with E-state index in [0.717, 1.165) is 6.26 Å². The summed E-state index contributed by atoms with van der Waals surface area (Å²) in [5.74, 6) is -1.48. The normalized spacial score (nSPS) is 25.9. The number of Topliss-reactive ketones (excluding diaryl/α,β-unsaturated/α-hetero) is 2. The van der Waals surface area contributed by atoms with Gasteiger partial charge in [0.1, 0.15) is 32.7 Å². The van der Waals surface area contributed by atoms with Crippen molar-refractivity contribution in [1.29, 1.82) is 0 Å². The van der Waals surface area contributed by atoms with Gasteiger partial charge in [-0.3, -0.25) is 14.4 Å². The highest BCUT2D eigenvalue weighted by Gasteiger charge is 2.60. The van der Waals surface area contributed by atoms with Gasteiger partial charge in [0.05, 0.1) is 11.3 Å². The number of fused-ring (bicyclic) bond motifs is 3. The number of carbonyl (C=O) groups excluding carboxylic acids is 3. The summed E-state index contributed by atoms with van der Waals surface area (Å²) in [6, 6.07) is 2.78. The monoisotopic (exact) mass is 501 g/mol. The average molecular weight is 502 g/mol. The molecular formula is C24H23NO9S. The number of carbonyl (C=O) groups is 3. The Balaban J connectivity index is 1.82. The lowest BCUT2D eigenvalue weighted by atomic mass is 9.59. The van der Waals surface area contributed by atoms with Gasteiger partial charge in [-0.25, -0.2) is 8.42 Å². The molecule has 1 aromatic carbocycles. The molecule has 0 spiro atoms. The molecule has 0 aliphatic heterocycles. The molecule has 3 aliphatic rings. The zero-order valence-corrected chi connectivity index (χ0v) is 19.5. The Morgan fingerprint density at radius 1 is 1.20 bits per heavy atom. The van der Waals surface area contributed by atoms with Gasteiger partial charge in [-0.1, -0.05) is 11.8 Å². The second-order valence-electron chi connectivity index (χ2n) is 9.07. The third kappa shape index (κ3) is 3.88. The van der Waals surface area contributed by atoms with Crippen LogP contribution in [0.4, 0.5) is 0 Å². The van der Waals surface area contributed by atoms with Crippen molar-refractivity contribution in [3.63, 3.8) is 0 Å². The maximum atomic E-state index is 13.4. The first-order valence-electron chi connectivity index (χ1n) is 10.8. The number of nitrogens with two attached hydrogens (primary N) is 1. The number of phenolic OH excluding ortho intramolecular Hbond substituents is 1. The Kier molecular flexibility index (Phi) is 5.78. The van der Waals surface area contributed by atoms with E-state index < -0.39 is 68.3 Å². The van der Waals surface area contributed by atoms with Crippen LogP contribution in [0.5, 0.6) is 5.75 Å². The van der Waals surface area contributed by atoms with Crippen molar-refractivity contribution in [2.45, 2.75) is 31.3 Å². The molecular weight excluding hydrogens is 478 g/mol. The molecule has 1 fully saturated rings. The summed E-state index contributed by atoms with van der Waals surface area (Å²) in [4.78, 5) is 37.5. The largest absolute Gasteiger partial charge is 0.508 e. The molecule has 35 heavy (non-hydrogen) atoms. The van der Waals surface area contributed by atoms with Crippen LogP contribution in [-0.2, 0) is 30.6 Å². The summed E-state index contributed by atoms with van der Waals surface area (Å²) in [5.41, 5.74) is 2.25. The van der Waals surface area contributed by atoms with Gasteiger partial charge in [-0.05, 0) is 36.5 Å². The zero-order valence-electron chi connectivity index (χ0n) is 18.7. The number of aliphatic hydroxyl groups excluding tert-OH is 2. The molecule has 0 bridgehead atoms. The van der Waals surface area contributed by atoms with E-state index in [1.54, 1.807) is 0 Å². The van der Waals surface area contributed by atoms with Crippen molar-refractivity contribution in [3.8, 4) is 17.6 Å². The van der Waals surface area contributed by atoms with Crippen LogP contribution in [0.3, 0.4) is 0 Å². The molecule has 6 N–H and O–H groups in total. The van der Waals surface area contributed by atoms with Crippen LogP contribution in [0.25, 0.3) is 5.76 Å². The van der Waals surface area contributed by atoms with Crippen molar-refractivity contribution < 1.29 is 43.2 Å². The van der Waals surface area contributed by atoms with E-state index in [-0.39, 0.29) is 41.9 Å². The average Bonchev–Trinajstić information content (AvgIpc) is 2.74. The van der Waals surface area contributed by atoms with Gasteiger partial charge in [-0.15, -0.1) is 0 Å². The molecule has 11 heteroatoms. The molecule has 0 heterocycles. The topological polar surface area (TPSA) is 192 Å². The molecule has 3 atom stereocenters. The molecule has 1 saturated carbocycles. The number of primary amides is 1. The van der Waals surface area contributed by atoms with Gasteiger partial charge >= 0.3 is 0 Å². The van der Waals surface area contributed by atoms with E-state index in [9.17, 15) is 43.2 Å². The molecule has 4 rings (SSSR count). The predicted molar refractivity (Wildman–Crippen MR) is 123 cm³/mol. The van der Waals surface area contributed by atoms with Crippen molar-refractivity contribution >= 4 is 33.1 Å². The van der Waals surface area contributed by atoms with E-state index in [2.05, 4.69) is 11.8 Å². The number of aliphatic hydroxyl groups is 3. The van der Waals surface area contributed by atoms with Crippen LogP contribution in [-0.4, -0.2) is 63.9 Å². The summed E-state index contributed by atoms with van der Waals surface area (Å²) in [7, 11) is -3.20. The summed E-state index contributed by atoms with van der Waals surface area (Å²) >= 11 is 0. The maximum absolute atomic E-state index is 13.4. The van der Waals surface area contributed by atoms with Crippen LogP contribution in [0.1, 0.15) is 36.0 Å². The molecule has 0 unspecified atom stereocenters. The second-order valence-corrected chi connectivity index (χ2v) is 11.3. The van der Waals surface area contributed by atoms with Crippen LogP contribution < -0.4 is 5.73 Å². The number of amides is 1. The first kappa shape index (κ1) is 24.5. The summed E-state index contributed by atoms with van der Waals surface area (Å²) < 4.78 is 22.7. The Morgan fingerprint density at radius 2 is 1.89 bits per heavy atom. The van der Waals surface area contributed by atoms with Crippen LogP contribution in [0.15, 0.2) is 29.0 Å². The third-order valence-corrected chi connectivity index (χ3v) is 7.71. The van der Waals surface area contributed by atoms with E-state index in [1.807, 2.05) is 0 Å². The number of hydrogen-bond acceptors (Lipinski definition) is 9. The molecule has 0 aromatic heterocycles. The van der Waals surface area contributed by atoms with Gasteiger partial charge in [0, 0.05) is 36.2 Å². The minimum absolute atomic E-state index is 0.0134. The lowest BCUT2D eigenvalue weighted by Crippen LogP contribution is -2.58. The molecule has 0 saturated heterocycles. The highest BCUT2D eigenvalue weighted by Crippen LogP contribution is 2.52. The first-order chi connectivity index (χ1) is 16.3. The predicted octanol–water partition coefficient (Wildman–Crippen LogP) is 0.210. The summed E-state index contributed by atoms with van der Waals surface area (Å²) in [5, 5.41) is 43.2. The standard InChI is InChI=1S/C24H23NO9S/c1-35(33,34)7-3-2-4-11-5-6-15(26)18-14(11)9-12-8-13-10-16(27)19(23(25)31)22(30)24(13,32)21(29)17(12)20(18)28/h5-6,12-13,26,28,30,32H,3,7-10H2,1H3,(H2,25,31)/t12-,13+,24+/m1/s1. The molecule has 3 aliphatic carbocycles. The number of sulfone groups is 1. The number of benzene rings is 1. The number of ketones is 2. The SMILES string of the molecule is CS(=O)(=O)CCC#Cc1ccc(O)c2c1C[C@H]1C[C@H]3CC(=O)C(C(N)=O)=C(O)[C@@]3(O)C(=O)C1=C2O. The number of rotatable bonds is 3. The second kappa shape index (κ2) is 8.25. The maximum Gasteiger partial charge on any atom is 0.255 e. The van der Waals surface area contributed by atoms with Crippen LogP contribution in [0, 0.1) is 23.7 Å². The van der Waals surface area contributed by atoms with Gasteiger partial charge < -0.3 is 26.2 Å². The van der Waals surface area contributed by atoms with E-state index in [4.69, 9.17) is 5.73 Å². The zero-order chi connectivity index (χ0) is 25.9. The molecule has 184 valence electrons.